The van der Waals surface area contributed by atoms with Gasteiger partial charge in [-0.2, -0.15) is 0 Å². The van der Waals surface area contributed by atoms with E-state index in [9.17, 15) is 9.59 Å². The molecule has 0 aromatic heterocycles. The van der Waals surface area contributed by atoms with Crippen LogP contribution in [-0.2, 0) is 6.54 Å². The van der Waals surface area contributed by atoms with Gasteiger partial charge in [0.25, 0.3) is 5.91 Å². The van der Waals surface area contributed by atoms with Gasteiger partial charge in [0.1, 0.15) is 5.75 Å². The first-order chi connectivity index (χ1) is 13.4. The SMILES string of the molecule is CN(C)Cc1ccc2cc(OC(=O)Nc3ccc(C(=O)NO)cc3)ccc2c1. The van der Waals surface area contributed by atoms with Gasteiger partial charge in [-0.1, -0.05) is 18.2 Å². The molecule has 3 N–H and O–H groups in total. The Kier molecular flexibility index (Phi) is 5.88. The van der Waals surface area contributed by atoms with Gasteiger partial charge in [-0.25, -0.2) is 10.3 Å². The number of hydrogen-bond acceptors (Lipinski definition) is 5. The first-order valence-corrected chi connectivity index (χ1v) is 8.65. The summed E-state index contributed by atoms with van der Waals surface area (Å²) in [4.78, 5) is 25.5. The number of benzene rings is 3. The number of ether oxygens (including phenoxy) is 1. The molecular weight excluding hydrogens is 358 g/mol. The van der Waals surface area contributed by atoms with E-state index >= 15 is 0 Å². The molecule has 28 heavy (non-hydrogen) atoms. The van der Waals surface area contributed by atoms with Crippen LogP contribution in [0.4, 0.5) is 10.5 Å². The van der Waals surface area contributed by atoms with Crippen molar-refractivity contribution in [2.24, 2.45) is 0 Å². The van der Waals surface area contributed by atoms with Gasteiger partial charge >= 0.3 is 6.09 Å². The van der Waals surface area contributed by atoms with E-state index in [1.807, 2.05) is 32.3 Å². The van der Waals surface area contributed by atoms with Crippen molar-refractivity contribution in [3.63, 3.8) is 0 Å². The standard InChI is InChI=1S/C21H21N3O4/c1-24(2)13-14-3-4-17-12-19(10-7-16(17)11-14)28-21(26)22-18-8-5-15(6-9-18)20(25)23-27/h3-12,27H,13H2,1-2H3,(H,22,26)(H,23,25). The molecule has 0 fully saturated rings. The van der Waals surface area contributed by atoms with Crippen LogP contribution in [0, 0.1) is 0 Å². The zero-order valence-electron chi connectivity index (χ0n) is 15.6. The minimum Gasteiger partial charge on any atom is -0.410 e. The number of rotatable bonds is 5. The van der Waals surface area contributed by atoms with Crippen LogP contribution < -0.4 is 15.5 Å². The van der Waals surface area contributed by atoms with Crippen LogP contribution in [0.1, 0.15) is 15.9 Å². The Hall–Kier alpha value is -3.42. The fourth-order valence-corrected chi connectivity index (χ4v) is 2.82. The number of hydrogen-bond donors (Lipinski definition) is 3. The molecule has 144 valence electrons. The van der Waals surface area contributed by atoms with Crippen LogP contribution in [0.2, 0.25) is 0 Å². The third-order valence-electron chi connectivity index (χ3n) is 4.08. The van der Waals surface area contributed by atoms with E-state index in [0.717, 1.165) is 17.3 Å². The Bertz CT molecular complexity index is 1000. The molecular formula is C21H21N3O4. The maximum absolute atomic E-state index is 12.1. The summed E-state index contributed by atoms with van der Waals surface area (Å²) in [6.45, 7) is 0.856. The zero-order chi connectivity index (χ0) is 20.1. The fraction of sp³-hybridized carbons (Fsp3) is 0.143. The molecule has 7 heteroatoms. The first kappa shape index (κ1) is 19.3. The second-order valence-electron chi connectivity index (χ2n) is 6.61. The van der Waals surface area contributed by atoms with Crippen molar-refractivity contribution < 1.29 is 19.5 Å². The van der Waals surface area contributed by atoms with Gasteiger partial charge in [0, 0.05) is 17.8 Å². The smallest absolute Gasteiger partial charge is 0.410 e. The van der Waals surface area contributed by atoms with E-state index in [2.05, 4.69) is 22.3 Å². The molecule has 3 aromatic rings. The number of fused-ring (bicyclic) bond motifs is 1. The van der Waals surface area contributed by atoms with E-state index < -0.39 is 12.0 Å². The molecule has 0 aliphatic rings. The summed E-state index contributed by atoms with van der Waals surface area (Å²) in [5.74, 6) is -0.194. The predicted molar refractivity (Wildman–Crippen MR) is 107 cm³/mol. The van der Waals surface area contributed by atoms with Gasteiger partial charge in [-0.15, -0.1) is 0 Å². The van der Waals surface area contributed by atoms with Crippen molar-refractivity contribution >= 4 is 28.5 Å². The van der Waals surface area contributed by atoms with Crippen LogP contribution in [0.25, 0.3) is 10.8 Å². The van der Waals surface area contributed by atoms with E-state index in [4.69, 9.17) is 9.94 Å². The number of hydroxylamine groups is 1. The van der Waals surface area contributed by atoms with Crippen molar-refractivity contribution in [3.05, 3.63) is 71.8 Å². The Morgan fingerprint density at radius 2 is 1.64 bits per heavy atom. The molecule has 0 bridgehead atoms. The summed E-state index contributed by atoms with van der Waals surface area (Å²) in [5.41, 5.74) is 3.49. The number of nitrogens with one attached hydrogen (secondary N) is 2. The lowest BCUT2D eigenvalue weighted by atomic mass is 10.1. The molecule has 0 aliphatic carbocycles. The minimum absolute atomic E-state index is 0.268. The molecule has 3 rings (SSSR count). The summed E-state index contributed by atoms with van der Waals surface area (Å²) in [5, 5.41) is 13.2. The number of carbonyl (C=O) groups excluding carboxylic acids is 2. The lowest BCUT2D eigenvalue weighted by Gasteiger charge is -2.11. The highest BCUT2D eigenvalue weighted by atomic mass is 16.6. The molecule has 0 unspecified atom stereocenters. The topological polar surface area (TPSA) is 90.9 Å². The third-order valence-corrected chi connectivity index (χ3v) is 4.08. The van der Waals surface area contributed by atoms with Gasteiger partial charge < -0.3 is 9.64 Å². The summed E-state index contributed by atoms with van der Waals surface area (Å²) in [7, 11) is 4.04. The second-order valence-corrected chi connectivity index (χ2v) is 6.61. The summed E-state index contributed by atoms with van der Waals surface area (Å²) in [6.07, 6.45) is -0.636. The minimum atomic E-state index is -0.636. The summed E-state index contributed by atoms with van der Waals surface area (Å²) < 4.78 is 5.34. The number of carbonyl (C=O) groups is 2. The predicted octanol–water partition coefficient (Wildman–Crippen LogP) is 3.63. The Morgan fingerprint density at radius 1 is 0.964 bits per heavy atom. The van der Waals surface area contributed by atoms with Crippen LogP contribution in [0.5, 0.6) is 5.75 Å². The molecule has 0 radical (unpaired) electrons. The Balaban J connectivity index is 1.66. The van der Waals surface area contributed by atoms with Gasteiger partial charge in [0.05, 0.1) is 0 Å². The lowest BCUT2D eigenvalue weighted by Crippen LogP contribution is -2.19. The number of amides is 2. The highest BCUT2D eigenvalue weighted by Crippen LogP contribution is 2.23. The van der Waals surface area contributed by atoms with Crippen LogP contribution in [0.3, 0.4) is 0 Å². The average Bonchev–Trinajstić information content (AvgIpc) is 2.67. The zero-order valence-corrected chi connectivity index (χ0v) is 15.6. The first-order valence-electron chi connectivity index (χ1n) is 8.65. The molecule has 0 saturated carbocycles. The monoisotopic (exact) mass is 379 g/mol. The van der Waals surface area contributed by atoms with E-state index in [1.54, 1.807) is 23.7 Å². The van der Waals surface area contributed by atoms with Crippen LogP contribution in [0.15, 0.2) is 60.7 Å². The number of nitrogens with zero attached hydrogens (tertiary/aromatic N) is 1. The Labute approximate surface area is 162 Å². The van der Waals surface area contributed by atoms with Gasteiger partial charge in [0.15, 0.2) is 0 Å². The highest BCUT2D eigenvalue weighted by Gasteiger charge is 2.08. The van der Waals surface area contributed by atoms with Crippen molar-refractivity contribution in [3.8, 4) is 5.75 Å². The lowest BCUT2D eigenvalue weighted by molar-refractivity contribution is 0.0706. The molecule has 0 aliphatic heterocycles. The van der Waals surface area contributed by atoms with Gasteiger partial charge in [0.2, 0.25) is 0 Å². The quantitative estimate of drug-likeness (QED) is 0.465. The Morgan fingerprint density at radius 3 is 2.32 bits per heavy atom. The molecule has 0 atom stereocenters. The summed E-state index contributed by atoms with van der Waals surface area (Å²) in [6, 6.07) is 17.7. The highest BCUT2D eigenvalue weighted by molar-refractivity contribution is 5.94. The molecule has 2 amide bonds. The van der Waals surface area contributed by atoms with Crippen molar-refractivity contribution in [2.45, 2.75) is 6.54 Å². The van der Waals surface area contributed by atoms with Crippen LogP contribution in [-0.4, -0.2) is 36.2 Å². The third kappa shape index (κ3) is 4.85. The van der Waals surface area contributed by atoms with E-state index in [0.29, 0.717) is 11.4 Å². The fourth-order valence-electron chi connectivity index (χ4n) is 2.82. The molecule has 0 heterocycles. The van der Waals surface area contributed by atoms with Gasteiger partial charge in [-0.3, -0.25) is 15.3 Å². The number of anilines is 1. The van der Waals surface area contributed by atoms with Gasteiger partial charge in [-0.05, 0) is 72.9 Å². The van der Waals surface area contributed by atoms with Crippen molar-refractivity contribution in [1.29, 1.82) is 0 Å². The molecule has 0 saturated heterocycles. The molecule has 3 aromatic carbocycles. The maximum atomic E-state index is 12.1. The largest absolute Gasteiger partial charge is 0.417 e. The summed E-state index contributed by atoms with van der Waals surface area (Å²) >= 11 is 0. The molecule has 7 nitrogen and oxygen atoms in total. The van der Waals surface area contributed by atoms with Crippen molar-refractivity contribution in [2.75, 3.05) is 19.4 Å². The normalized spacial score (nSPS) is 10.7. The van der Waals surface area contributed by atoms with Crippen LogP contribution >= 0.6 is 0 Å². The molecule has 0 spiro atoms. The maximum Gasteiger partial charge on any atom is 0.417 e. The van der Waals surface area contributed by atoms with Crippen molar-refractivity contribution in [1.82, 2.24) is 10.4 Å². The second kappa shape index (κ2) is 8.51. The van der Waals surface area contributed by atoms with E-state index in [1.165, 1.54) is 17.7 Å². The average molecular weight is 379 g/mol. The van der Waals surface area contributed by atoms with E-state index in [-0.39, 0.29) is 5.56 Å².